The fourth-order valence-electron chi connectivity index (χ4n) is 2.99. The lowest BCUT2D eigenvalue weighted by Crippen LogP contribution is -2.16. The zero-order valence-electron chi connectivity index (χ0n) is 12.6. The lowest BCUT2D eigenvalue weighted by molar-refractivity contribution is 0.696. The molecule has 0 atom stereocenters. The minimum atomic E-state index is 0.523. The van der Waals surface area contributed by atoms with Gasteiger partial charge in [-0.25, -0.2) is 9.97 Å². The summed E-state index contributed by atoms with van der Waals surface area (Å²) >= 11 is 5.95. The number of hydrogen-bond acceptors (Lipinski definition) is 4. The molecule has 1 aliphatic carbocycles. The minimum absolute atomic E-state index is 0.523. The summed E-state index contributed by atoms with van der Waals surface area (Å²) in [6.45, 7) is 1.34. The van der Waals surface area contributed by atoms with Crippen molar-refractivity contribution in [2.75, 3.05) is 18.4 Å². The Morgan fingerprint density at radius 1 is 1.18 bits per heavy atom. The largest absolute Gasteiger partial charge is 0.381 e. The maximum absolute atomic E-state index is 5.95. The van der Waals surface area contributed by atoms with Crippen LogP contribution in [0.3, 0.4) is 0 Å². The number of benzene rings is 1. The Labute approximate surface area is 136 Å². The first-order valence-corrected chi connectivity index (χ1v) is 8.22. The Bertz CT molecular complexity index is 621. The van der Waals surface area contributed by atoms with Crippen molar-refractivity contribution in [3.8, 4) is 11.4 Å². The third-order valence-electron chi connectivity index (χ3n) is 4.12. The third-order valence-corrected chi connectivity index (χ3v) is 4.37. The fraction of sp³-hybridized carbons (Fsp3) is 0.412. The van der Waals surface area contributed by atoms with Crippen molar-refractivity contribution in [3.05, 3.63) is 41.2 Å². The van der Waals surface area contributed by atoms with Gasteiger partial charge in [-0.15, -0.1) is 0 Å². The van der Waals surface area contributed by atoms with E-state index in [0.29, 0.717) is 12.5 Å². The van der Waals surface area contributed by atoms with Crippen LogP contribution in [0.2, 0.25) is 5.02 Å². The van der Waals surface area contributed by atoms with Crippen LogP contribution in [0.4, 0.5) is 5.69 Å². The quantitative estimate of drug-likeness (QED) is 0.880. The molecule has 1 saturated carbocycles. The van der Waals surface area contributed by atoms with Crippen molar-refractivity contribution in [1.82, 2.24) is 9.97 Å². The number of rotatable bonds is 5. The summed E-state index contributed by atoms with van der Waals surface area (Å²) in [5.74, 6) is 1.28. The highest BCUT2D eigenvalue weighted by molar-refractivity contribution is 6.30. The summed E-state index contributed by atoms with van der Waals surface area (Å²) in [4.78, 5) is 9.36. The monoisotopic (exact) mass is 316 g/mol. The molecule has 1 aromatic heterocycles. The van der Waals surface area contributed by atoms with Gasteiger partial charge in [0.05, 0.1) is 17.6 Å². The molecule has 1 fully saturated rings. The van der Waals surface area contributed by atoms with Crippen molar-refractivity contribution in [3.63, 3.8) is 0 Å². The molecule has 0 spiro atoms. The molecule has 0 radical (unpaired) electrons. The molecule has 0 amide bonds. The second-order valence-corrected chi connectivity index (χ2v) is 6.13. The van der Waals surface area contributed by atoms with E-state index >= 15 is 0 Å². The summed E-state index contributed by atoms with van der Waals surface area (Å²) < 4.78 is 0. The predicted molar refractivity (Wildman–Crippen MR) is 91.2 cm³/mol. The molecule has 0 aliphatic heterocycles. The molecule has 4 nitrogen and oxygen atoms in total. The van der Waals surface area contributed by atoms with Crippen LogP contribution >= 0.6 is 11.6 Å². The smallest absolute Gasteiger partial charge is 0.159 e. The Hall–Kier alpha value is -1.65. The Kier molecular flexibility index (Phi) is 4.90. The number of nitrogens with one attached hydrogen (secondary N) is 1. The van der Waals surface area contributed by atoms with Crippen molar-refractivity contribution in [2.24, 2.45) is 5.73 Å². The van der Waals surface area contributed by atoms with Crippen LogP contribution in [0.25, 0.3) is 11.4 Å². The maximum atomic E-state index is 5.95. The first-order chi connectivity index (χ1) is 10.8. The summed E-state index contributed by atoms with van der Waals surface area (Å²) in [5, 5.41) is 4.08. The van der Waals surface area contributed by atoms with E-state index in [1.807, 2.05) is 30.5 Å². The lowest BCUT2D eigenvalue weighted by Gasteiger charge is -2.16. The molecule has 1 aliphatic rings. The molecule has 3 N–H and O–H groups in total. The van der Waals surface area contributed by atoms with Gasteiger partial charge in [0.1, 0.15) is 0 Å². The minimum Gasteiger partial charge on any atom is -0.381 e. The highest BCUT2D eigenvalue weighted by Gasteiger charge is 2.22. The highest BCUT2D eigenvalue weighted by atomic mass is 35.5. The third kappa shape index (κ3) is 3.39. The van der Waals surface area contributed by atoms with Crippen molar-refractivity contribution in [2.45, 2.75) is 31.6 Å². The molecule has 1 aromatic carbocycles. The number of nitrogens with zero attached hydrogens (tertiary/aromatic N) is 2. The van der Waals surface area contributed by atoms with Crippen LogP contribution < -0.4 is 11.1 Å². The number of anilines is 1. The van der Waals surface area contributed by atoms with Crippen LogP contribution in [0, 0.1) is 0 Å². The van der Waals surface area contributed by atoms with E-state index in [1.165, 1.54) is 25.7 Å². The molecule has 22 heavy (non-hydrogen) atoms. The van der Waals surface area contributed by atoms with Gasteiger partial charge in [0.2, 0.25) is 0 Å². The molecule has 116 valence electrons. The fourth-order valence-corrected chi connectivity index (χ4v) is 3.11. The second-order valence-electron chi connectivity index (χ2n) is 5.70. The van der Waals surface area contributed by atoms with Crippen LogP contribution in [0.15, 0.2) is 30.5 Å². The normalized spacial score (nSPS) is 15.2. The van der Waals surface area contributed by atoms with E-state index in [2.05, 4.69) is 10.3 Å². The van der Waals surface area contributed by atoms with Gasteiger partial charge in [-0.05, 0) is 37.1 Å². The van der Waals surface area contributed by atoms with Gasteiger partial charge in [-0.1, -0.05) is 24.4 Å². The van der Waals surface area contributed by atoms with Crippen LogP contribution in [-0.4, -0.2) is 23.1 Å². The van der Waals surface area contributed by atoms with Crippen LogP contribution in [0.1, 0.15) is 37.3 Å². The molecule has 0 unspecified atom stereocenters. The van der Waals surface area contributed by atoms with Crippen molar-refractivity contribution >= 4 is 17.3 Å². The number of hydrogen-bond donors (Lipinski definition) is 2. The van der Waals surface area contributed by atoms with Crippen LogP contribution in [-0.2, 0) is 0 Å². The van der Waals surface area contributed by atoms with Gasteiger partial charge in [0.25, 0.3) is 0 Å². The summed E-state index contributed by atoms with van der Waals surface area (Å²) in [7, 11) is 0. The van der Waals surface area contributed by atoms with Gasteiger partial charge in [-0.2, -0.15) is 0 Å². The van der Waals surface area contributed by atoms with Gasteiger partial charge in [0, 0.05) is 29.6 Å². The highest BCUT2D eigenvalue weighted by Crippen LogP contribution is 2.37. The molecular weight excluding hydrogens is 296 g/mol. The summed E-state index contributed by atoms with van der Waals surface area (Å²) in [5.41, 5.74) is 8.75. The Morgan fingerprint density at radius 2 is 1.91 bits per heavy atom. The van der Waals surface area contributed by atoms with Gasteiger partial charge >= 0.3 is 0 Å². The summed E-state index contributed by atoms with van der Waals surface area (Å²) in [6.07, 6.45) is 6.85. The molecule has 0 saturated heterocycles. The lowest BCUT2D eigenvalue weighted by atomic mass is 10.0. The van der Waals surface area contributed by atoms with Gasteiger partial charge in [0.15, 0.2) is 5.82 Å². The molecule has 1 heterocycles. The molecule has 2 aromatic rings. The van der Waals surface area contributed by atoms with Gasteiger partial charge < -0.3 is 11.1 Å². The van der Waals surface area contributed by atoms with E-state index in [1.54, 1.807) is 0 Å². The first-order valence-electron chi connectivity index (χ1n) is 7.85. The maximum Gasteiger partial charge on any atom is 0.159 e. The van der Waals surface area contributed by atoms with Crippen molar-refractivity contribution in [1.29, 1.82) is 0 Å². The van der Waals surface area contributed by atoms with Crippen molar-refractivity contribution < 1.29 is 0 Å². The number of nitrogens with two attached hydrogens (primary N) is 1. The van der Waals surface area contributed by atoms with E-state index < -0.39 is 0 Å². The SMILES string of the molecule is NCCNc1cnc(-c2ccc(Cl)cc2)nc1C1CCCC1. The van der Waals surface area contributed by atoms with E-state index in [4.69, 9.17) is 22.3 Å². The topological polar surface area (TPSA) is 63.8 Å². The molecular formula is C17H21ClN4. The summed E-state index contributed by atoms with van der Waals surface area (Å²) in [6, 6.07) is 7.66. The van der Waals surface area contributed by atoms with E-state index in [9.17, 15) is 0 Å². The average Bonchev–Trinajstić information content (AvgIpc) is 3.08. The molecule has 3 rings (SSSR count). The first kappa shape index (κ1) is 15.3. The second kappa shape index (κ2) is 7.07. The zero-order valence-corrected chi connectivity index (χ0v) is 13.3. The van der Waals surface area contributed by atoms with E-state index in [-0.39, 0.29) is 0 Å². The zero-order chi connectivity index (χ0) is 15.4. The molecule has 5 heteroatoms. The van der Waals surface area contributed by atoms with E-state index in [0.717, 1.165) is 34.3 Å². The Morgan fingerprint density at radius 3 is 2.59 bits per heavy atom. The standard InChI is InChI=1S/C17H21ClN4/c18-14-7-5-13(6-8-14)17-21-11-15(20-10-9-19)16(22-17)12-3-1-2-4-12/h5-8,11-12,20H,1-4,9-10,19H2. The van der Waals surface area contributed by atoms with Crippen LogP contribution in [0.5, 0.6) is 0 Å². The average molecular weight is 317 g/mol. The predicted octanol–water partition coefficient (Wildman–Crippen LogP) is 3.83. The molecule has 0 bridgehead atoms. The number of halogens is 1. The number of aromatic nitrogens is 2. The van der Waals surface area contributed by atoms with Gasteiger partial charge in [-0.3, -0.25) is 0 Å². The Balaban J connectivity index is 1.95.